The minimum absolute atomic E-state index is 0.400. The number of benzene rings is 1. The fraction of sp³-hybridized carbons (Fsp3) is 0.0909. The summed E-state index contributed by atoms with van der Waals surface area (Å²) in [7, 11) is 0. The van der Waals surface area contributed by atoms with Gasteiger partial charge in [-0.3, -0.25) is 0 Å². The number of hydrogen-bond acceptors (Lipinski definition) is 4. The number of halogens is 2. The van der Waals surface area contributed by atoms with Crippen LogP contribution in [0.1, 0.15) is 5.89 Å². The van der Waals surface area contributed by atoms with Gasteiger partial charge in [-0.05, 0) is 18.2 Å². The molecule has 88 valence electrons. The number of aromatic nitrogens is 2. The minimum atomic E-state index is 0.400. The molecule has 1 aromatic carbocycles. The topological polar surface area (TPSA) is 64.9 Å². The van der Waals surface area contributed by atoms with Crippen molar-refractivity contribution in [2.75, 3.05) is 6.54 Å². The van der Waals surface area contributed by atoms with Gasteiger partial charge in [0.2, 0.25) is 5.82 Å². The molecule has 0 aliphatic heterocycles. The van der Waals surface area contributed by atoms with E-state index >= 15 is 0 Å². The lowest BCUT2D eigenvalue weighted by Gasteiger charge is -1.97. The molecule has 4 nitrogen and oxygen atoms in total. The van der Waals surface area contributed by atoms with Crippen LogP contribution in [0.15, 0.2) is 28.8 Å². The zero-order valence-corrected chi connectivity index (χ0v) is 10.2. The number of rotatable bonds is 3. The van der Waals surface area contributed by atoms with Gasteiger partial charge in [-0.1, -0.05) is 34.4 Å². The molecule has 0 saturated carbocycles. The third kappa shape index (κ3) is 2.85. The maximum Gasteiger partial charge on any atom is 0.250 e. The monoisotopic (exact) mass is 269 g/mol. The maximum absolute atomic E-state index is 5.91. The van der Waals surface area contributed by atoms with E-state index in [0.29, 0.717) is 28.3 Å². The van der Waals surface area contributed by atoms with Gasteiger partial charge in [0.15, 0.2) is 0 Å². The van der Waals surface area contributed by atoms with Crippen molar-refractivity contribution in [3.63, 3.8) is 0 Å². The van der Waals surface area contributed by atoms with E-state index < -0.39 is 0 Å². The Hall–Kier alpha value is -1.36. The Balaban J connectivity index is 2.30. The van der Waals surface area contributed by atoms with Gasteiger partial charge in [0, 0.05) is 18.2 Å². The molecule has 2 aromatic rings. The minimum Gasteiger partial charge on any atom is -0.334 e. The highest BCUT2D eigenvalue weighted by molar-refractivity contribution is 6.42. The molecule has 0 amide bonds. The van der Waals surface area contributed by atoms with Crippen LogP contribution in [0.25, 0.3) is 17.5 Å². The van der Waals surface area contributed by atoms with Gasteiger partial charge in [0.1, 0.15) is 0 Å². The molecule has 17 heavy (non-hydrogen) atoms. The molecule has 0 spiro atoms. The van der Waals surface area contributed by atoms with Crippen LogP contribution in [0.4, 0.5) is 0 Å². The summed E-state index contributed by atoms with van der Waals surface area (Å²) in [6, 6.07) is 5.14. The quantitative estimate of drug-likeness (QED) is 0.931. The van der Waals surface area contributed by atoms with Crippen LogP contribution >= 0.6 is 23.2 Å². The Morgan fingerprint density at radius 1 is 1.29 bits per heavy atom. The summed E-state index contributed by atoms with van der Waals surface area (Å²) < 4.78 is 5.01. The van der Waals surface area contributed by atoms with Gasteiger partial charge in [-0.25, -0.2) is 0 Å². The lowest BCUT2D eigenvalue weighted by molar-refractivity contribution is 0.411. The molecule has 0 fully saturated rings. The second-order valence-electron chi connectivity index (χ2n) is 3.22. The third-order valence-corrected chi connectivity index (χ3v) is 2.76. The summed E-state index contributed by atoms with van der Waals surface area (Å²) in [5.41, 5.74) is 6.07. The van der Waals surface area contributed by atoms with E-state index in [1.807, 2.05) is 0 Å². The van der Waals surface area contributed by atoms with Crippen LogP contribution in [0.3, 0.4) is 0 Å². The van der Waals surface area contributed by atoms with Crippen LogP contribution in [-0.4, -0.2) is 16.7 Å². The fourth-order valence-electron chi connectivity index (χ4n) is 1.22. The van der Waals surface area contributed by atoms with Crippen molar-refractivity contribution >= 4 is 29.3 Å². The lowest BCUT2D eigenvalue weighted by atomic mass is 10.2. The normalized spacial score (nSPS) is 11.2. The van der Waals surface area contributed by atoms with Gasteiger partial charge in [0.25, 0.3) is 5.89 Å². The van der Waals surface area contributed by atoms with Crippen LogP contribution in [0.2, 0.25) is 10.0 Å². The van der Waals surface area contributed by atoms with Crippen molar-refractivity contribution in [2.45, 2.75) is 0 Å². The molecule has 2 N–H and O–H groups in total. The summed E-state index contributed by atoms with van der Waals surface area (Å²) in [6.45, 7) is 0.421. The molecule has 1 heterocycles. The summed E-state index contributed by atoms with van der Waals surface area (Å²) >= 11 is 11.7. The predicted molar refractivity (Wildman–Crippen MR) is 67.8 cm³/mol. The summed E-state index contributed by atoms with van der Waals surface area (Å²) in [5, 5.41) is 4.77. The molecule has 0 aliphatic rings. The fourth-order valence-corrected chi connectivity index (χ4v) is 1.52. The van der Waals surface area contributed by atoms with Crippen molar-refractivity contribution in [3.05, 3.63) is 40.2 Å². The van der Waals surface area contributed by atoms with Crippen LogP contribution in [-0.2, 0) is 0 Å². The second kappa shape index (κ2) is 5.31. The van der Waals surface area contributed by atoms with Crippen molar-refractivity contribution in [3.8, 4) is 11.4 Å². The molecule has 1 aromatic heterocycles. The summed E-state index contributed by atoms with van der Waals surface area (Å²) in [4.78, 5) is 4.17. The maximum atomic E-state index is 5.91. The lowest BCUT2D eigenvalue weighted by Crippen LogP contribution is -1.91. The van der Waals surface area contributed by atoms with Crippen molar-refractivity contribution < 1.29 is 4.52 Å². The number of hydrogen-bond donors (Lipinski definition) is 1. The van der Waals surface area contributed by atoms with Gasteiger partial charge in [0.05, 0.1) is 10.0 Å². The Morgan fingerprint density at radius 3 is 2.82 bits per heavy atom. The first-order chi connectivity index (χ1) is 8.20. The van der Waals surface area contributed by atoms with Gasteiger partial charge in [-0.2, -0.15) is 4.98 Å². The van der Waals surface area contributed by atoms with Crippen molar-refractivity contribution in [2.24, 2.45) is 5.73 Å². The zero-order valence-electron chi connectivity index (χ0n) is 8.73. The van der Waals surface area contributed by atoms with Crippen molar-refractivity contribution in [1.29, 1.82) is 0 Å². The van der Waals surface area contributed by atoms with E-state index in [-0.39, 0.29) is 0 Å². The SMILES string of the molecule is NC/C=C/c1nc(-c2ccc(Cl)c(Cl)c2)no1. The molecule has 0 radical (unpaired) electrons. The van der Waals surface area contributed by atoms with Crippen LogP contribution < -0.4 is 5.73 Å². The van der Waals surface area contributed by atoms with E-state index in [0.717, 1.165) is 5.56 Å². The Morgan fingerprint density at radius 2 is 2.12 bits per heavy atom. The molecule has 0 saturated heterocycles. The molecular formula is C11H9Cl2N3O. The standard InChI is InChI=1S/C11H9Cl2N3O/c12-8-4-3-7(6-9(8)13)11-15-10(17-16-11)2-1-5-14/h1-4,6H,5,14H2/b2-1+. The molecule has 0 atom stereocenters. The highest BCUT2D eigenvalue weighted by Crippen LogP contribution is 2.27. The Labute approximate surface area is 108 Å². The highest BCUT2D eigenvalue weighted by Gasteiger charge is 2.08. The summed E-state index contributed by atoms with van der Waals surface area (Å²) in [6.07, 6.45) is 3.39. The first-order valence-corrected chi connectivity index (χ1v) is 5.62. The van der Waals surface area contributed by atoms with E-state index in [4.69, 9.17) is 33.5 Å². The molecule has 0 bridgehead atoms. The molecule has 2 rings (SSSR count). The van der Waals surface area contributed by atoms with E-state index in [2.05, 4.69) is 10.1 Å². The molecule has 0 unspecified atom stereocenters. The largest absolute Gasteiger partial charge is 0.334 e. The average molecular weight is 270 g/mol. The van der Waals surface area contributed by atoms with Crippen molar-refractivity contribution in [1.82, 2.24) is 10.1 Å². The first-order valence-electron chi connectivity index (χ1n) is 4.86. The second-order valence-corrected chi connectivity index (χ2v) is 4.04. The van der Waals surface area contributed by atoms with Gasteiger partial charge < -0.3 is 10.3 Å². The third-order valence-electron chi connectivity index (χ3n) is 2.02. The number of nitrogens with two attached hydrogens (primary N) is 1. The molecular weight excluding hydrogens is 261 g/mol. The molecule has 0 aliphatic carbocycles. The summed E-state index contributed by atoms with van der Waals surface area (Å²) in [5.74, 6) is 0.858. The Bertz CT molecular complexity index is 551. The van der Waals surface area contributed by atoms with E-state index in [1.54, 1.807) is 30.4 Å². The average Bonchev–Trinajstić information content (AvgIpc) is 2.79. The Kier molecular flexibility index (Phi) is 3.78. The zero-order chi connectivity index (χ0) is 12.3. The van der Waals surface area contributed by atoms with E-state index in [1.165, 1.54) is 0 Å². The smallest absolute Gasteiger partial charge is 0.250 e. The number of nitrogens with zero attached hydrogens (tertiary/aromatic N) is 2. The molecule has 6 heteroatoms. The van der Waals surface area contributed by atoms with Gasteiger partial charge in [-0.15, -0.1) is 0 Å². The van der Waals surface area contributed by atoms with Crippen LogP contribution in [0, 0.1) is 0 Å². The highest BCUT2D eigenvalue weighted by atomic mass is 35.5. The first kappa shape index (κ1) is 12.1. The van der Waals surface area contributed by atoms with Crippen LogP contribution in [0.5, 0.6) is 0 Å². The van der Waals surface area contributed by atoms with Gasteiger partial charge >= 0.3 is 0 Å². The predicted octanol–water partition coefficient (Wildman–Crippen LogP) is 3.02. The van der Waals surface area contributed by atoms with E-state index in [9.17, 15) is 0 Å².